The number of phenolic OH excluding ortho intramolecular Hbond substituents is 1. The third-order valence-electron chi connectivity index (χ3n) is 7.24. The van der Waals surface area contributed by atoms with Crippen LogP contribution in [0.15, 0.2) is 48.8 Å². The van der Waals surface area contributed by atoms with Crippen molar-refractivity contribution in [2.75, 3.05) is 11.4 Å². The van der Waals surface area contributed by atoms with Gasteiger partial charge in [0.15, 0.2) is 0 Å². The van der Waals surface area contributed by atoms with Crippen LogP contribution < -0.4 is 10.6 Å². The lowest BCUT2D eigenvalue weighted by Crippen LogP contribution is -2.42. The van der Waals surface area contributed by atoms with E-state index in [4.69, 9.17) is 10.7 Å². The Bertz CT molecular complexity index is 1490. The second-order valence-electron chi connectivity index (χ2n) is 9.27. The van der Waals surface area contributed by atoms with Gasteiger partial charge in [0, 0.05) is 36.6 Å². The number of anilines is 1. The molecule has 0 radical (unpaired) electrons. The van der Waals surface area contributed by atoms with Crippen molar-refractivity contribution in [2.45, 2.75) is 31.8 Å². The van der Waals surface area contributed by atoms with E-state index in [1.54, 1.807) is 18.3 Å². The van der Waals surface area contributed by atoms with Crippen LogP contribution in [0.5, 0.6) is 5.75 Å². The third kappa shape index (κ3) is 3.59. The summed E-state index contributed by atoms with van der Waals surface area (Å²) in [4.78, 5) is 12.0. The Labute approximate surface area is 208 Å². The molecule has 3 N–H and O–H groups in total. The highest BCUT2D eigenvalue weighted by Crippen LogP contribution is 2.42. The molecular formula is C26H24ClFN6O. The molecule has 35 heavy (non-hydrogen) atoms. The first-order valence-electron chi connectivity index (χ1n) is 11.3. The number of aromatic nitrogens is 3. The number of phenols is 1. The molecule has 6 rings (SSSR count). The fourth-order valence-corrected chi connectivity index (χ4v) is 5.40. The summed E-state index contributed by atoms with van der Waals surface area (Å²) in [6, 6.07) is 12.3. The molecule has 7 nitrogen and oxygen atoms in total. The molecule has 3 atom stereocenters. The second kappa shape index (κ2) is 8.52. The van der Waals surface area contributed by atoms with Crippen LogP contribution in [-0.2, 0) is 0 Å². The number of benzene rings is 2. The number of hydrogen-bond acceptors (Lipinski definition) is 6. The summed E-state index contributed by atoms with van der Waals surface area (Å²) in [5.41, 5.74) is 10.2. The van der Waals surface area contributed by atoms with Gasteiger partial charge in [-0.15, -0.1) is 12.4 Å². The van der Waals surface area contributed by atoms with E-state index in [1.807, 2.05) is 35.7 Å². The van der Waals surface area contributed by atoms with Gasteiger partial charge in [-0.1, -0.05) is 18.2 Å². The van der Waals surface area contributed by atoms with Gasteiger partial charge in [0.25, 0.3) is 0 Å². The highest BCUT2D eigenvalue weighted by Gasteiger charge is 2.44. The number of nitrogens with zero attached hydrogens (tertiary/aromatic N) is 5. The largest absolute Gasteiger partial charge is 0.508 e. The number of nitrogens with two attached hydrogens (primary N) is 1. The van der Waals surface area contributed by atoms with E-state index >= 15 is 0 Å². The predicted molar refractivity (Wildman–Crippen MR) is 134 cm³/mol. The normalized spacial score (nSPS) is 20.7. The SMILES string of the molecule is Cc1ccc(-c2c(-c3ccc(C#N)c(F)c3)nc(N3CC4CC3CC4N)n3ccnc23)cc1O.Cl. The van der Waals surface area contributed by atoms with E-state index in [0.717, 1.165) is 36.5 Å². The smallest absolute Gasteiger partial charge is 0.212 e. The van der Waals surface area contributed by atoms with Crippen molar-refractivity contribution in [3.63, 3.8) is 0 Å². The molecule has 2 aliphatic rings. The number of imidazole rings is 1. The van der Waals surface area contributed by atoms with Crippen LogP contribution >= 0.6 is 12.4 Å². The maximum atomic E-state index is 14.7. The number of aryl methyl sites for hydroxylation is 1. The second-order valence-corrected chi connectivity index (χ2v) is 9.27. The maximum Gasteiger partial charge on any atom is 0.212 e. The number of halogens is 2. The Morgan fingerprint density at radius 2 is 1.97 bits per heavy atom. The highest BCUT2D eigenvalue weighted by atomic mass is 35.5. The van der Waals surface area contributed by atoms with Gasteiger partial charge < -0.3 is 15.7 Å². The number of rotatable bonds is 3. The average molecular weight is 491 g/mol. The zero-order valence-electron chi connectivity index (χ0n) is 19.0. The van der Waals surface area contributed by atoms with Crippen LogP contribution in [0.25, 0.3) is 28.0 Å². The molecule has 2 aromatic carbocycles. The maximum absolute atomic E-state index is 14.7. The summed E-state index contributed by atoms with van der Waals surface area (Å²) in [6.07, 6.45) is 5.55. The summed E-state index contributed by atoms with van der Waals surface area (Å²) in [6.45, 7) is 2.65. The molecule has 9 heteroatoms. The van der Waals surface area contributed by atoms with Crippen molar-refractivity contribution in [1.82, 2.24) is 14.4 Å². The summed E-state index contributed by atoms with van der Waals surface area (Å²) >= 11 is 0. The van der Waals surface area contributed by atoms with Gasteiger partial charge in [0.1, 0.15) is 23.3 Å². The van der Waals surface area contributed by atoms with Gasteiger partial charge in [0.2, 0.25) is 5.95 Å². The molecule has 2 aromatic heterocycles. The standard InChI is InChI=1S/C26H23FN6O.ClH/c1-14-2-3-15(10-22(14)34)23-24(16-4-5-17(12-28)20(27)9-16)31-26(32-7-6-30-25(23)32)33-13-18-8-19(33)11-21(18)29;/h2-7,9-10,18-19,21,34H,8,11,13,29H2,1H3;1H. The molecule has 178 valence electrons. The van der Waals surface area contributed by atoms with Crippen molar-refractivity contribution in [1.29, 1.82) is 5.26 Å². The van der Waals surface area contributed by atoms with E-state index in [0.29, 0.717) is 34.4 Å². The monoisotopic (exact) mass is 490 g/mol. The molecule has 1 aliphatic heterocycles. The van der Waals surface area contributed by atoms with Crippen molar-refractivity contribution >= 4 is 24.0 Å². The molecule has 0 amide bonds. The topological polar surface area (TPSA) is 103 Å². The molecule has 1 saturated heterocycles. The van der Waals surface area contributed by atoms with E-state index in [-0.39, 0.29) is 29.8 Å². The molecule has 1 saturated carbocycles. The third-order valence-corrected chi connectivity index (χ3v) is 7.24. The Kier molecular flexibility index (Phi) is 5.62. The quantitative estimate of drug-likeness (QED) is 0.440. The summed E-state index contributed by atoms with van der Waals surface area (Å²) in [7, 11) is 0. The van der Waals surface area contributed by atoms with Crippen molar-refractivity contribution < 1.29 is 9.50 Å². The number of piperidine rings is 1. The molecule has 2 fully saturated rings. The zero-order chi connectivity index (χ0) is 23.6. The number of nitriles is 1. The van der Waals surface area contributed by atoms with Gasteiger partial charge in [-0.05, 0) is 55.0 Å². The lowest BCUT2D eigenvalue weighted by Gasteiger charge is -2.31. The molecule has 3 unspecified atom stereocenters. The van der Waals surface area contributed by atoms with Gasteiger partial charge in [-0.3, -0.25) is 4.40 Å². The lowest BCUT2D eigenvalue weighted by atomic mass is 9.98. The molecule has 3 heterocycles. The van der Waals surface area contributed by atoms with Gasteiger partial charge >= 0.3 is 0 Å². The number of hydrogen-bond donors (Lipinski definition) is 2. The van der Waals surface area contributed by atoms with Crippen LogP contribution in [0, 0.1) is 30.0 Å². The highest BCUT2D eigenvalue weighted by molar-refractivity contribution is 5.91. The van der Waals surface area contributed by atoms with Crippen LogP contribution in [0.2, 0.25) is 0 Å². The first-order valence-corrected chi connectivity index (χ1v) is 11.3. The van der Waals surface area contributed by atoms with Crippen LogP contribution in [0.3, 0.4) is 0 Å². The van der Waals surface area contributed by atoms with E-state index in [9.17, 15) is 14.8 Å². The van der Waals surface area contributed by atoms with Gasteiger partial charge in [0.05, 0.1) is 16.8 Å². The zero-order valence-corrected chi connectivity index (χ0v) is 19.8. The van der Waals surface area contributed by atoms with Crippen LogP contribution in [-0.4, -0.2) is 38.1 Å². The fourth-order valence-electron chi connectivity index (χ4n) is 5.40. The minimum atomic E-state index is -0.601. The van der Waals surface area contributed by atoms with E-state index in [2.05, 4.69) is 9.88 Å². The predicted octanol–water partition coefficient (Wildman–Crippen LogP) is 4.44. The van der Waals surface area contributed by atoms with Crippen LogP contribution in [0.1, 0.15) is 24.0 Å². The number of aromatic hydroxyl groups is 1. The summed E-state index contributed by atoms with van der Waals surface area (Å²) < 4.78 is 16.6. The minimum absolute atomic E-state index is 0. The van der Waals surface area contributed by atoms with Gasteiger partial charge in [-0.2, -0.15) is 5.26 Å². The fraction of sp³-hybridized carbons (Fsp3) is 0.269. The summed E-state index contributed by atoms with van der Waals surface area (Å²) in [5.74, 6) is 0.728. The van der Waals surface area contributed by atoms with Crippen molar-refractivity contribution in [2.24, 2.45) is 11.7 Å². The average Bonchev–Trinajstić information content (AvgIpc) is 3.55. The Hall–Kier alpha value is -3.67. The minimum Gasteiger partial charge on any atom is -0.508 e. The lowest BCUT2D eigenvalue weighted by molar-refractivity contribution is 0.468. The summed E-state index contributed by atoms with van der Waals surface area (Å²) in [5, 5.41) is 19.6. The first-order chi connectivity index (χ1) is 16.4. The van der Waals surface area contributed by atoms with E-state index < -0.39 is 5.82 Å². The number of fused-ring (bicyclic) bond motifs is 3. The first kappa shape index (κ1) is 23.1. The molecule has 4 aromatic rings. The Morgan fingerprint density at radius 3 is 2.63 bits per heavy atom. The molecule has 1 aliphatic carbocycles. The Morgan fingerprint density at radius 1 is 1.17 bits per heavy atom. The van der Waals surface area contributed by atoms with E-state index in [1.165, 1.54) is 12.1 Å². The Balaban J connectivity index is 0.00000253. The molecular weight excluding hydrogens is 467 g/mol. The van der Waals surface area contributed by atoms with Gasteiger partial charge in [-0.25, -0.2) is 14.4 Å². The van der Waals surface area contributed by atoms with Crippen LogP contribution in [0.4, 0.5) is 10.3 Å². The molecule has 0 spiro atoms. The van der Waals surface area contributed by atoms with Crippen molar-refractivity contribution in [3.05, 3.63) is 65.7 Å². The molecule has 2 bridgehead atoms. The van der Waals surface area contributed by atoms with Crippen molar-refractivity contribution in [3.8, 4) is 34.2 Å².